The highest BCUT2D eigenvalue weighted by Crippen LogP contribution is 2.28. The van der Waals surface area contributed by atoms with Crippen molar-refractivity contribution in [3.63, 3.8) is 0 Å². The lowest BCUT2D eigenvalue weighted by Crippen LogP contribution is -2.90. The number of rotatable bonds is 4. The van der Waals surface area contributed by atoms with Crippen LogP contribution in [0.4, 0.5) is 0 Å². The van der Waals surface area contributed by atoms with Crippen molar-refractivity contribution >= 4 is 23.7 Å². The molecular weight excluding hydrogens is 314 g/mol. The van der Waals surface area contributed by atoms with Gasteiger partial charge in [0.1, 0.15) is 17.8 Å². The lowest BCUT2D eigenvalue weighted by Gasteiger charge is -2.11. The molecular formula is C17H15NO4S. The number of quaternary nitrogens is 1. The van der Waals surface area contributed by atoms with Crippen LogP contribution in [0, 0.1) is 0 Å². The Kier molecular flexibility index (Phi) is 4.64. The van der Waals surface area contributed by atoms with Crippen molar-refractivity contribution in [1.29, 1.82) is 0 Å². The predicted octanol–water partition coefficient (Wildman–Crippen LogP) is 0.333. The van der Waals surface area contributed by atoms with Gasteiger partial charge in [0.05, 0.1) is 11.3 Å². The molecule has 2 aromatic rings. The van der Waals surface area contributed by atoms with E-state index in [4.69, 9.17) is 4.74 Å². The van der Waals surface area contributed by atoms with Crippen LogP contribution < -0.4 is 15.2 Å². The number of aliphatic carboxylic acids is 1. The highest BCUT2D eigenvalue weighted by Gasteiger charge is 2.30. The summed E-state index contributed by atoms with van der Waals surface area (Å²) in [6, 6.07) is 15.4. The molecule has 1 aliphatic rings. The first-order valence-electron chi connectivity index (χ1n) is 7.18. The van der Waals surface area contributed by atoms with Gasteiger partial charge in [0.25, 0.3) is 0 Å². The first-order valence-corrected chi connectivity index (χ1v) is 8.23. The van der Waals surface area contributed by atoms with Crippen LogP contribution in [0.25, 0.3) is 0 Å². The number of hydrogen-bond donors (Lipinski definition) is 1. The topological polar surface area (TPSA) is 83.0 Å². The summed E-state index contributed by atoms with van der Waals surface area (Å²) in [5, 5.41) is 12.7. The molecule has 1 saturated heterocycles. The minimum atomic E-state index is -1.03. The molecule has 23 heavy (non-hydrogen) atoms. The zero-order valence-corrected chi connectivity index (χ0v) is 13.0. The third-order valence-electron chi connectivity index (χ3n) is 3.59. The van der Waals surface area contributed by atoms with Crippen LogP contribution in [-0.2, 0) is 4.79 Å². The van der Waals surface area contributed by atoms with Gasteiger partial charge in [-0.15, -0.1) is 0 Å². The number of ether oxygens (including phenoxy) is 1. The number of carbonyl (C=O) groups is 2. The first-order chi connectivity index (χ1) is 11.1. The summed E-state index contributed by atoms with van der Waals surface area (Å²) >= 11 is 1.56. The second-order valence-electron chi connectivity index (χ2n) is 5.20. The van der Waals surface area contributed by atoms with Crippen molar-refractivity contribution in [2.45, 2.75) is 11.4 Å². The molecule has 0 aliphatic carbocycles. The number of esters is 1. The van der Waals surface area contributed by atoms with E-state index in [0.29, 0.717) is 17.1 Å². The van der Waals surface area contributed by atoms with Gasteiger partial charge in [-0.25, -0.2) is 4.79 Å². The van der Waals surface area contributed by atoms with Crippen molar-refractivity contribution in [3.05, 3.63) is 65.7 Å². The molecule has 0 aromatic heterocycles. The summed E-state index contributed by atoms with van der Waals surface area (Å²) in [6.07, 6.45) is 0. The van der Waals surface area contributed by atoms with Gasteiger partial charge >= 0.3 is 5.97 Å². The van der Waals surface area contributed by atoms with Crippen LogP contribution in [0.1, 0.15) is 21.3 Å². The third-order valence-corrected chi connectivity index (χ3v) is 4.93. The number of carbonyl (C=O) groups excluding carboxylic acids is 2. The number of nitrogens with two attached hydrogens (primary N) is 1. The van der Waals surface area contributed by atoms with Crippen LogP contribution >= 0.6 is 11.8 Å². The lowest BCUT2D eigenvalue weighted by atomic mass is 10.2. The number of carboxylic acids is 1. The predicted molar refractivity (Wildman–Crippen MR) is 83.8 cm³/mol. The summed E-state index contributed by atoms with van der Waals surface area (Å²) in [7, 11) is 0. The highest BCUT2D eigenvalue weighted by atomic mass is 32.2. The number of hydrogen-bond acceptors (Lipinski definition) is 5. The maximum Gasteiger partial charge on any atom is 0.343 e. The van der Waals surface area contributed by atoms with Crippen molar-refractivity contribution in [1.82, 2.24) is 0 Å². The fourth-order valence-corrected chi connectivity index (χ4v) is 3.66. The second-order valence-corrected chi connectivity index (χ2v) is 6.37. The molecule has 1 aliphatic heterocycles. The average molecular weight is 329 g/mol. The highest BCUT2D eigenvalue weighted by molar-refractivity contribution is 7.99. The van der Waals surface area contributed by atoms with Crippen molar-refractivity contribution in [2.24, 2.45) is 0 Å². The SMILES string of the molecule is O=C(Oc1ccc([C@@H]2[NH2+][C@H](C(=O)[O-])CS2)cc1)c1ccccc1. The normalized spacial score (nSPS) is 20.2. The van der Waals surface area contributed by atoms with Gasteiger partial charge in [-0.1, -0.05) is 30.0 Å². The largest absolute Gasteiger partial charge is 0.544 e. The average Bonchev–Trinajstić information content (AvgIpc) is 3.07. The molecule has 0 unspecified atom stereocenters. The van der Waals surface area contributed by atoms with E-state index in [0.717, 1.165) is 5.56 Å². The summed E-state index contributed by atoms with van der Waals surface area (Å²) in [6.45, 7) is 0. The zero-order valence-electron chi connectivity index (χ0n) is 12.2. The molecule has 0 bridgehead atoms. The van der Waals surface area contributed by atoms with Crippen LogP contribution in [0.2, 0.25) is 0 Å². The Labute approximate surface area is 137 Å². The van der Waals surface area contributed by atoms with E-state index < -0.39 is 18.0 Å². The minimum absolute atomic E-state index is 0.0248. The lowest BCUT2D eigenvalue weighted by molar-refractivity contribution is -0.690. The molecule has 0 saturated carbocycles. The summed E-state index contributed by atoms with van der Waals surface area (Å²) in [5.41, 5.74) is 1.48. The quantitative estimate of drug-likeness (QED) is 0.646. The standard InChI is InChI=1S/C17H15NO4S/c19-16(20)14-10-23-15(18-14)11-6-8-13(9-7-11)22-17(21)12-4-2-1-3-5-12/h1-9,14-15,18H,10H2,(H,19,20)/t14-,15+/m0/s1. The van der Waals surface area contributed by atoms with E-state index in [2.05, 4.69) is 0 Å². The Morgan fingerprint density at radius 2 is 1.78 bits per heavy atom. The number of carboxylic acid groups (broad SMARTS) is 1. The molecule has 0 amide bonds. The van der Waals surface area contributed by atoms with Gasteiger partial charge in [0, 0.05) is 5.56 Å². The summed E-state index contributed by atoms with van der Waals surface area (Å²) in [5.74, 6) is -0.454. The van der Waals surface area contributed by atoms with E-state index in [-0.39, 0.29) is 5.37 Å². The molecule has 118 valence electrons. The van der Waals surface area contributed by atoms with E-state index in [9.17, 15) is 14.7 Å². The van der Waals surface area contributed by atoms with Gasteiger partial charge in [-0.05, 0) is 36.4 Å². The van der Waals surface area contributed by atoms with Crippen LogP contribution in [0.5, 0.6) is 5.75 Å². The van der Waals surface area contributed by atoms with Crippen molar-refractivity contribution in [3.8, 4) is 5.75 Å². The molecule has 0 radical (unpaired) electrons. The minimum Gasteiger partial charge on any atom is -0.544 e. The van der Waals surface area contributed by atoms with E-state index in [1.165, 1.54) is 0 Å². The molecule has 1 fully saturated rings. The molecule has 2 atom stereocenters. The van der Waals surface area contributed by atoms with E-state index >= 15 is 0 Å². The summed E-state index contributed by atoms with van der Waals surface area (Å²) < 4.78 is 5.32. The van der Waals surface area contributed by atoms with Gasteiger partial charge in [0.2, 0.25) is 0 Å². The van der Waals surface area contributed by atoms with Crippen LogP contribution in [0.3, 0.4) is 0 Å². The monoisotopic (exact) mass is 329 g/mol. The molecule has 3 rings (SSSR count). The third kappa shape index (κ3) is 3.72. The molecule has 2 N–H and O–H groups in total. The first kappa shape index (κ1) is 15.6. The zero-order chi connectivity index (χ0) is 16.2. The van der Waals surface area contributed by atoms with Crippen LogP contribution in [0.15, 0.2) is 54.6 Å². The van der Waals surface area contributed by atoms with Crippen molar-refractivity contribution < 1.29 is 24.7 Å². The molecule has 0 spiro atoms. The van der Waals surface area contributed by atoms with Gasteiger partial charge in [0.15, 0.2) is 5.37 Å². The molecule has 5 nitrogen and oxygen atoms in total. The Morgan fingerprint density at radius 3 is 2.39 bits per heavy atom. The van der Waals surface area contributed by atoms with Crippen molar-refractivity contribution in [2.75, 3.05) is 5.75 Å². The number of thioether (sulfide) groups is 1. The Balaban J connectivity index is 1.64. The fraction of sp³-hybridized carbons (Fsp3) is 0.176. The Bertz CT molecular complexity index is 702. The van der Waals surface area contributed by atoms with Crippen LogP contribution in [-0.4, -0.2) is 23.7 Å². The smallest absolute Gasteiger partial charge is 0.343 e. The maximum atomic E-state index is 12.0. The van der Waals surface area contributed by atoms with E-state index in [1.807, 2.05) is 18.2 Å². The molecule has 1 heterocycles. The Morgan fingerprint density at radius 1 is 1.09 bits per heavy atom. The summed E-state index contributed by atoms with van der Waals surface area (Å²) in [4.78, 5) is 22.8. The van der Waals surface area contributed by atoms with Gasteiger partial charge in [-0.2, -0.15) is 0 Å². The number of benzene rings is 2. The molecule has 2 aromatic carbocycles. The van der Waals surface area contributed by atoms with Gasteiger partial charge < -0.3 is 20.0 Å². The van der Waals surface area contributed by atoms with E-state index in [1.54, 1.807) is 53.5 Å². The molecule has 6 heteroatoms. The second kappa shape index (κ2) is 6.85. The maximum absolute atomic E-state index is 12.0. The Hall–Kier alpha value is -2.31. The van der Waals surface area contributed by atoms with Gasteiger partial charge in [-0.3, -0.25) is 0 Å². The fourth-order valence-electron chi connectivity index (χ4n) is 2.35.